The number of pyridine rings is 1. The van der Waals surface area contributed by atoms with Crippen molar-refractivity contribution in [2.75, 3.05) is 0 Å². The molecular weight excluding hydrogens is 471 g/mol. The maximum atomic E-state index is 13.8. The maximum absolute atomic E-state index is 13.8. The molecule has 0 spiro atoms. The first-order valence-corrected chi connectivity index (χ1v) is 12.3. The normalized spacial score (nSPS) is 11.9. The predicted octanol–water partition coefficient (Wildman–Crippen LogP) is 6.80. The molecule has 0 N–H and O–H groups in total. The topological polar surface area (TPSA) is 60.7 Å². The third-order valence-corrected chi connectivity index (χ3v) is 7.03. The van der Waals surface area contributed by atoms with Gasteiger partial charge in [0.2, 0.25) is 0 Å². The van der Waals surface area contributed by atoms with Crippen molar-refractivity contribution in [1.29, 1.82) is 0 Å². The van der Waals surface area contributed by atoms with Gasteiger partial charge in [0.05, 0.1) is 0 Å². The third kappa shape index (κ3) is 4.97. The summed E-state index contributed by atoms with van der Waals surface area (Å²) in [5, 5.41) is 8.90. The Kier molecular flexibility index (Phi) is 6.73. The van der Waals surface area contributed by atoms with Gasteiger partial charge in [0.25, 0.3) is 0 Å². The quantitative estimate of drug-likeness (QED) is 0.184. The molecule has 1 unspecified atom stereocenters. The van der Waals surface area contributed by atoms with Crippen molar-refractivity contribution in [2.24, 2.45) is 0 Å². The lowest BCUT2D eigenvalue weighted by Crippen LogP contribution is -2.11. The molecule has 0 radical (unpaired) electrons. The molecule has 0 aliphatic carbocycles. The third-order valence-electron chi connectivity index (χ3n) is 5.83. The summed E-state index contributed by atoms with van der Waals surface area (Å²) < 4.78 is 15.6. The van der Waals surface area contributed by atoms with Gasteiger partial charge in [-0.2, -0.15) is 0 Å². The summed E-state index contributed by atoms with van der Waals surface area (Å²) in [6, 6.07) is 25.4. The number of nitrogens with zero attached hydrogens (tertiary/aromatic N) is 4. The van der Waals surface area contributed by atoms with E-state index in [0.29, 0.717) is 22.2 Å². The summed E-state index contributed by atoms with van der Waals surface area (Å²) in [5.41, 5.74) is 5.20. The SMILES string of the molecule is Cc1ccc(C(=O)C(Sc2nnc(-c3ccncc3)n2-c2ccc(F)cc2)c2ccc(C)cc2)cc1. The minimum absolute atomic E-state index is 0.0250. The highest BCUT2D eigenvalue weighted by molar-refractivity contribution is 8.00. The Hall–Kier alpha value is -4.10. The first kappa shape index (κ1) is 23.6. The molecule has 1 atom stereocenters. The lowest BCUT2D eigenvalue weighted by atomic mass is 10.0. The van der Waals surface area contributed by atoms with Crippen molar-refractivity contribution in [3.05, 3.63) is 125 Å². The molecule has 0 saturated heterocycles. The molecule has 5 rings (SSSR count). The van der Waals surface area contributed by atoms with Crippen molar-refractivity contribution in [3.63, 3.8) is 0 Å². The van der Waals surface area contributed by atoms with Gasteiger partial charge in [-0.1, -0.05) is 71.4 Å². The van der Waals surface area contributed by atoms with Crippen LogP contribution >= 0.6 is 11.8 Å². The van der Waals surface area contributed by atoms with Gasteiger partial charge in [0.15, 0.2) is 16.8 Å². The number of aromatic nitrogens is 4. The van der Waals surface area contributed by atoms with Crippen LogP contribution in [0.15, 0.2) is 102 Å². The summed E-state index contributed by atoms with van der Waals surface area (Å²) in [5.74, 6) is 0.221. The zero-order chi connectivity index (χ0) is 25.1. The minimum atomic E-state index is -0.554. The summed E-state index contributed by atoms with van der Waals surface area (Å²) in [6.45, 7) is 4.01. The number of carbonyl (C=O) groups excluding carboxylic acids is 1. The van der Waals surface area contributed by atoms with Gasteiger partial charge in [-0.3, -0.25) is 14.3 Å². The molecule has 2 aromatic heterocycles. The first-order chi connectivity index (χ1) is 17.5. The Labute approximate surface area is 213 Å². The molecule has 0 amide bonds. The van der Waals surface area contributed by atoms with Crippen LogP contribution in [-0.2, 0) is 0 Å². The van der Waals surface area contributed by atoms with Gasteiger partial charge >= 0.3 is 0 Å². The number of benzene rings is 3. The molecule has 2 heterocycles. The zero-order valence-corrected chi connectivity index (χ0v) is 20.6. The van der Waals surface area contributed by atoms with E-state index < -0.39 is 5.25 Å². The Morgan fingerprint density at radius 2 is 1.42 bits per heavy atom. The van der Waals surface area contributed by atoms with Crippen molar-refractivity contribution >= 4 is 17.5 Å². The second-order valence-electron chi connectivity index (χ2n) is 8.49. The number of carbonyl (C=O) groups is 1. The number of aryl methyl sites for hydroxylation is 2. The average Bonchev–Trinajstić information content (AvgIpc) is 3.32. The molecule has 5 aromatic rings. The van der Waals surface area contributed by atoms with Crippen LogP contribution in [0, 0.1) is 19.7 Å². The fraction of sp³-hybridized carbons (Fsp3) is 0.103. The highest BCUT2D eigenvalue weighted by Crippen LogP contribution is 2.39. The number of hydrogen-bond donors (Lipinski definition) is 0. The number of ketones is 1. The Morgan fingerprint density at radius 1 is 0.806 bits per heavy atom. The minimum Gasteiger partial charge on any atom is -0.293 e. The van der Waals surface area contributed by atoms with E-state index >= 15 is 0 Å². The molecule has 7 heteroatoms. The zero-order valence-electron chi connectivity index (χ0n) is 19.8. The van der Waals surface area contributed by atoms with Crippen LogP contribution in [0.25, 0.3) is 17.1 Å². The molecule has 5 nitrogen and oxygen atoms in total. The number of halogens is 1. The van der Waals surface area contributed by atoms with Gasteiger partial charge in [0, 0.05) is 29.2 Å². The van der Waals surface area contributed by atoms with E-state index in [1.54, 1.807) is 24.5 Å². The van der Waals surface area contributed by atoms with E-state index in [1.165, 1.54) is 23.9 Å². The van der Waals surface area contributed by atoms with Crippen molar-refractivity contribution in [3.8, 4) is 17.1 Å². The molecule has 178 valence electrons. The van der Waals surface area contributed by atoms with E-state index in [4.69, 9.17) is 0 Å². The van der Waals surface area contributed by atoms with Gasteiger partial charge in [-0.05, 0) is 55.8 Å². The molecule has 36 heavy (non-hydrogen) atoms. The molecule has 0 bridgehead atoms. The van der Waals surface area contributed by atoms with Crippen LogP contribution in [0.5, 0.6) is 0 Å². The maximum Gasteiger partial charge on any atom is 0.197 e. The molecule has 3 aromatic carbocycles. The van der Waals surface area contributed by atoms with Crippen LogP contribution in [-0.4, -0.2) is 25.5 Å². The van der Waals surface area contributed by atoms with E-state index in [1.807, 2.05) is 79.1 Å². The van der Waals surface area contributed by atoms with Gasteiger partial charge in [-0.25, -0.2) is 4.39 Å². The van der Waals surface area contributed by atoms with Crippen molar-refractivity contribution < 1.29 is 9.18 Å². The molecule has 0 aliphatic rings. The molecule has 0 aliphatic heterocycles. The summed E-state index contributed by atoms with van der Waals surface area (Å²) >= 11 is 1.33. The second kappa shape index (κ2) is 10.3. The van der Waals surface area contributed by atoms with E-state index in [9.17, 15) is 9.18 Å². The highest BCUT2D eigenvalue weighted by atomic mass is 32.2. The fourth-order valence-corrected chi connectivity index (χ4v) is 4.98. The van der Waals surface area contributed by atoms with Crippen LogP contribution in [0.2, 0.25) is 0 Å². The first-order valence-electron chi connectivity index (χ1n) is 11.5. The van der Waals surface area contributed by atoms with Crippen LogP contribution in [0.3, 0.4) is 0 Å². The van der Waals surface area contributed by atoms with Crippen LogP contribution in [0.4, 0.5) is 4.39 Å². The summed E-state index contributed by atoms with van der Waals surface area (Å²) in [6.07, 6.45) is 3.36. The van der Waals surface area contributed by atoms with Crippen molar-refractivity contribution in [2.45, 2.75) is 24.3 Å². The smallest absolute Gasteiger partial charge is 0.197 e. The summed E-state index contributed by atoms with van der Waals surface area (Å²) in [7, 11) is 0. The van der Waals surface area contributed by atoms with E-state index in [-0.39, 0.29) is 11.6 Å². The van der Waals surface area contributed by atoms with Gasteiger partial charge in [0.1, 0.15) is 11.1 Å². The standard InChI is InChI=1S/C29H23FN4OS/c1-19-3-7-21(8-4-19)26(35)27(22-9-5-20(2)6-10-22)36-29-33-32-28(23-15-17-31-18-16-23)34(29)25-13-11-24(30)12-14-25/h3-18,27H,1-2H3. The number of thioether (sulfide) groups is 1. The van der Waals surface area contributed by atoms with E-state index in [0.717, 1.165) is 22.3 Å². The largest absolute Gasteiger partial charge is 0.293 e. The fourth-order valence-electron chi connectivity index (χ4n) is 3.85. The monoisotopic (exact) mass is 494 g/mol. The predicted molar refractivity (Wildman–Crippen MR) is 140 cm³/mol. The van der Waals surface area contributed by atoms with Crippen LogP contribution in [0.1, 0.15) is 32.3 Å². The second-order valence-corrected chi connectivity index (χ2v) is 9.57. The highest BCUT2D eigenvalue weighted by Gasteiger charge is 2.27. The average molecular weight is 495 g/mol. The Balaban J connectivity index is 1.62. The molecular formula is C29H23FN4OS. The van der Waals surface area contributed by atoms with E-state index in [2.05, 4.69) is 15.2 Å². The molecule has 0 fully saturated rings. The van der Waals surface area contributed by atoms with Gasteiger partial charge < -0.3 is 0 Å². The van der Waals surface area contributed by atoms with Gasteiger partial charge in [-0.15, -0.1) is 10.2 Å². The molecule has 0 saturated carbocycles. The van der Waals surface area contributed by atoms with Crippen LogP contribution < -0.4 is 0 Å². The lowest BCUT2D eigenvalue weighted by molar-refractivity contribution is 0.0989. The number of hydrogen-bond acceptors (Lipinski definition) is 5. The van der Waals surface area contributed by atoms with Crippen molar-refractivity contribution in [1.82, 2.24) is 19.7 Å². The number of rotatable bonds is 7. The lowest BCUT2D eigenvalue weighted by Gasteiger charge is -2.17. The summed E-state index contributed by atoms with van der Waals surface area (Å²) in [4.78, 5) is 17.9. The Morgan fingerprint density at radius 3 is 2.06 bits per heavy atom. The Bertz CT molecular complexity index is 1480. The number of Topliss-reactive ketones (excluding diaryl/α,β-unsaturated/α-hetero) is 1.